The van der Waals surface area contributed by atoms with Gasteiger partial charge in [-0.15, -0.1) is 11.8 Å². The van der Waals surface area contributed by atoms with E-state index in [-0.39, 0.29) is 28.8 Å². The van der Waals surface area contributed by atoms with Gasteiger partial charge < -0.3 is 4.90 Å². The van der Waals surface area contributed by atoms with Crippen LogP contribution in [0.1, 0.15) is 5.56 Å². The molecule has 7 nitrogen and oxygen atoms in total. The Morgan fingerprint density at radius 3 is 2.34 bits per heavy atom. The summed E-state index contributed by atoms with van der Waals surface area (Å²) in [5.41, 5.74) is 2.04. The van der Waals surface area contributed by atoms with E-state index in [4.69, 9.17) is 0 Å². The molecule has 3 heterocycles. The van der Waals surface area contributed by atoms with Crippen molar-refractivity contribution in [3.8, 4) is 5.69 Å². The predicted molar refractivity (Wildman–Crippen MR) is 112 cm³/mol. The lowest BCUT2D eigenvalue weighted by atomic mass is 10.1. The van der Waals surface area contributed by atoms with E-state index < -0.39 is 4.87 Å². The highest BCUT2D eigenvalue weighted by Crippen LogP contribution is 2.54. The number of aryl methyl sites for hydroxylation is 1. The van der Waals surface area contributed by atoms with E-state index in [9.17, 15) is 14.4 Å². The van der Waals surface area contributed by atoms with Crippen molar-refractivity contribution in [2.45, 2.75) is 4.87 Å². The molecule has 0 aliphatic carbocycles. The normalized spacial score (nSPS) is 20.8. The number of rotatable bonds is 2. The molecule has 1 fully saturated rings. The number of thioether (sulfide) groups is 1. The van der Waals surface area contributed by atoms with Gasteiger partial charge in [0.2, 0.25) is 10.8 Å². The summed E-state index contributed by atoms with van der Waals surface area (Å²) in [6.45, 7) is 0. The molecule has 0 radical (unpaired) electrons. The highest BCUT2D eigenvalue weighted by molar-refractivity contribution is 8.02. The zero-order valence-electron chi connectivity index (χ0n) is 15.9. The first-order valence-corrected chi connectivity index (χ1v) is 10.1. The topological polar surface area (TPSA) is 67.6 Å². The maximum atomic E-state index is 13.4. The molecule has 2 aromatic carbocycles. The van der Waals surface area contributed by atoms with Crippen LogP contribution in [0, 0.1) is 0 Å². The van der Waals surface area contributed by atoms with Crippen LogP contribution in [0.2, 0.25) is 0 Å². The van der Waals surface area contributed by atoms with Crippen LogP contribution in [-0.4, -0.2) is 34.0 Å². The first-order chi connectivity index (χ1) is 14.0. The van der Waals surface area contributed by atoms with Gasteiger partial charge in [0.1, 0.15) is 5.69 Å². The number of para-hydroxylation sites is 2. The zero-order chi connectivity index (χ0) is 20.3. The van der Waals surface area contributed by atoms with Gasteiger partial charge >= 0.3 is 0 Å². The first kappa shape index (κ1) is 17.8. The molecule has 146 valence electrons. The Kier molecular flexibility index (Phi) is 3.76. The van der Waals surface area contributed by atoms with Gasteiger partial charge in [0.05, 0.1) is 23.3 Å². The van der Waals surface area contributed by atoms with Gasteiger partial charge in [-0.25, -0.2) is 4.68 Å². The molecule has 0 saturated carbocycles. The maximum Gasteiger partial charge on any atom is 0.295 e. The Hall–Kier alpha value is -3.26. The summed E-state index contributed by atoms with van der Waals surface area (Å²) in [6, 6.07) is 16.6. The van der Waals surface area contributed by atoms with Crippen molar-refractivity contribution in [2.75, 3.05) is 22.6 Å². The quantitative estimate of drug-likeness (QED) is 0.654. The third-order valence-electron chi connectivity index (χ3n) is 5.47. The number of amides is 2. The fraction of sp³-hybridized carbons (Fsp3) is 0.190. The van der Waals surface area contributed by atoms with Crippen molar-refractivity contribution in [1.29, 1.82) is 0 Å². The number of fused-ring (bicyclic) bond motifs is 2. The molecule has 29 heavy (non-hydrogen) atoms. The van der Waals surface area contributed by atoms with Crippen LogP contribution in [0.25, 0.3) is 5.69 Å². The minimum absolute atomic E-state index is 0.133. The summed E-state index contributed by atoms with van der Waals surface area (Å²) in [4.78, 5) is 41.4. The van der Waals surface area contributed by atoms with Gasteiger partial charge in [-0.05, 0) is 18.2 Å². The number of hydrogen-bond donors (Lipinski definition) is 0. The molecule has 1 atom stereocenters. The number of nitrogens with zero attached hydrogens (tertiary/aromatic N) is 4. The smallest absolute Gasteiger partial charge is 0.295 e. The van der Waals surface area contributed by atoms with Crippen molar-refractivity contribution >= 4 is 35.0 Å². The van der Waals surface area contributed by atoms with Crippen LogP contribution in [-0.2, 0) is 21.5 Å². The second-order valence-corrected chi connectivity index (χ2v) is 8.25. The third kappa shape index (κ3) is 2.23. The van der Waals surface area contributed by atoms with E-state index in [0.717, 1.165) is 11.3 Å². The largest absolute Gasteiger partial charge is 0.312 e. The zero-order valence-corrected chi connectivity index (χ0v) is 16.7. The molecule has 8 heteroatoms. The molecule has 0 bridgehead atoms. The fourth-order valence-corrected chi connectivity index (χ4v) is 5.58. The molecular weight excluding hydrogens is 388 g/mol. The minimum atomic E-state index is -1.25. The van der Waals surface area contributed by atoms with Crippen LogP contribution >= 0.6 is 11.8 Å². The number of carbonyl (C=O) groups excluding carboxylic acids is 2. The number of likely N-dealkylation sites (N-methyl/N-ethyl adjacent to an activating group) is 1. The molecule has 2 aliphatic heterocycles. The Balaban J connectivity index is 1.74. The summed E-state index contributed by atoms with van der Waals surface area (Å²) >= 11 is 1.27. The van der Waals surface area contributed by atoms with Gasteiger partial charge in [0, 0.05) is 19.7 Å². The Labute approximate surface area is 171 Å². The van der Waals surface area contributed by atoms with Crippen LogP contribution in [0.15, 0.2) is 65.6 Å². The summed E-state index contributed by atoms with van der Waals surface area (Å²) in [6.07, 6.45) is 1.62. The molecule has 5 rings (SSSR count). The minimum Gasteiger partial charge on any atom is -0.312 e. The Morgan fingerprint density at radius 1 is 0.897 bits per heavy atom. The number of hydrogen-bond acceptors (Lipinski definition) is 4. The molecular formula is C21H18N4O3S. The first-order valence-electron chi connectivity index (χ1n) is 9.15. The molecule has 2 amide bonds. The average Bonchev–Trinajstić information content (AvgIpc) is 3.30. The van der Waals surface area contributed by atoms with E-state index in [0.29, 0.717) is 5.69 Å². The van der Waals surface area contributed by atoms with E-state index in [1.165, 1.54) is 21.3 Å². The average molecular weight is 406 g/mol. The molecule has 1 unspecified atom stereocenters. The molecule has 2 aliphatic rings. The van der Waals surface area contributed by atoms with Crippen molar-refractivity contribution in [1.82, 2.24) is 9.36 Å². The fourth-order valence-electron chi connectivity index (χ4n) is 4.20. The van der Waals surface area contributed by atoms with Gasteiger partial charge in [-0.3, -0.25) is 24.0 Å². The SMILES string of the molecule is CN1C(=O)C2(SCC(=O)N2c2cn(C)n(-c3ccccc3)c2=O)c2ccccc21. The lowest BCUT2D eigenvalue weighted by Crippen LogP contribution is -2.50. The van der Waals surface area contributed by atoms with Gasteiger partial charge in [0.15, 0.2) is 0 Å². The summed E-state index contributed by atoms with van der Waals surface area (Å²) in [5, 5.41) is 0. The number of carbonyl (C=O) groups is 2. The van der Waals surface area contributed by atoms with E-state index in [1.54, 1.807) is 29.9 Å². The van der Waals surface area contributed by atoms with Gasteiger partial charge in [0.25, 0.3) is 11.5 Å². The van der Waals surface area contributed by atoms with Crippen molar-refractivity contribution in [2.24, 2.45) is 7.05 Å². The second kappa shape index (κ2) is 6.12. The van der Waals surface area contributed by atoms with Crippen molar-refractivity contribution < 1.29 is 9.59 Å². The van der Waals surface area contributed by atoms with Crippen LogP contribution < -0.4 is 15.4 Å². The van der Waals surface area contributed by atoms with Gasteiger partial charge in [-0.1, -0.05) is 36.4 Å². The highest BCUT2D eigenvalue weighted by atomic mass is 32.2. The van der Waals surface area contributed by atoms with Crippen molar-refractivity contribution in [3.63, 3.8) is 0 Å². The monoisotopic (exact) mass is 406 g/mol. The molecule has 1 spiro atoms. The summed E-state index contributed by atoms with van der Waals surface area (Å²) in [7, 11) is 3.44. The standard InChI is InChI=1S/C21H18N4O3S/c1-22-12-17(19(27)25(22)14-8-4-3-5-9-14)24-18(26)13-29-21(24)15-10-6-7-11-16(15)23(2)20(21)28/h3-12H,13H2,1-2H3. The predicted octanol–water partition coefficient (Wildman–Crippen LogP) is 2.09. The molecule has 1 saturated heterocycles. The highest BCUT2D eigenvalue weighted by Gasteiger charge is 2.61. The van der Waals surface area contributed by atoms with Gasteiger partial charge in [-0.2, -0.15) is 0 Å². The molecule has 1 aromatic heterocycles. The van der Waals surface area contributed by atoms with Crippen LogP contribution in [0.5, 0.6) is 0 Å². The number of anilines is 2. The third-order valence-corrected chi connectivity index (χ3v) is 6.86. The van der Waals surface area contributed by atoms with E-state index in [1.807, 2.05) is 54.6 Å². The Bertz CT molecular complexity index is 1220. The van der Waals surface area contributed by atoms with E-state index >= 15 is 0 Å². The summed E-state index contributed by atoms with van der Waals surface area (Å²) in [5.74, 6) is -0.339. The Morgan fingerprint density at radius 2 is 1.59 bits per heavy atom. The van der Waals surface area contributed by atoms with E-state index in [2.05, 4.69) is 0 Å². The lowest BCUT2D eigenvalue weighted by Gasteiger charge is -2.31. The molecule has 3 aromatic rings. The maximum absolute atomic E-state index is 13.4. The number of benzene rings is 2. The lowest BCUT2D eigenvalue weighted by molar-refractivity contribution is -0.123. The van der Waals surface area contributed by atoms with Crippen molar-refractivity contribution in [3.05, 3.63) is 76.7 Å². The van der Waals surface area contributed by atoms with Crippen LogP contribution in [0.4, 0.5) is 11.4 Å². The van der Waals surface area contributed by atoms with Crippen LogP contribution in [0.3, 0.4) is 0 Å². The second-order valence-electron chi connectivity index (χ2n) is 7.08. The molecule has 0 N–H and O–H groups in total. The summed E-state index contributed by atoms with van der Waals surface area (Å²) < 4.78 is 3.14. The number of aromatic nitrogens is 2.